The molecule has 0 aliphatic rings. The summed E-state index contributed by atoms with van der Waals surface area (Å²) in [5.41, 5.74) is -0.221. The molecule has 0 fully saturated rings. The quantitative estimate of drug-likeness (QED) is 0.485. The van der Waals surface area contributed by atoms with Gasteiger partial charge in [-0.25, -0.2) is 4.98 Å². The zero-order valence-corrected chi connectivity index (χ0v) is 12.3. The van der Waals surface area contributed by atoms with Gasteiger partial charge in [-0.1, -0.05) is 0 Å². The highest BCUT2D eigenvalue weighted by molar-refractivity contribution is 5.76. The third-order valence-electron chi connectivity index (χ3n) is 2.40. The maximum Gasteiger partial charge on any atom is 0.329 e. The van der Waals surface area contributed by atoms with Crippen LogP contribution in [0.3, 0.4) is 0 Å². The minimum atomic E-state index is -0.563. The minimum absolute atomic E-state index is 0.0613. The van der Waals surface area contributed by atoms with E-state index in [2.05, 4.69) is 25.9 Å². The van der Waals surface area contributed by atoms with Gasteiger partial charge in [0.05, 0.1) is 4.92 Å². The van der Waals surface area contributed by atoms with Crippen LogP contribution in [0.4, 0.5) is 17.5 Å². The molecule has 116 valence electrons. The highest BCUT2D eigenvalue weighted by Crippen LogP contribution is 2.21. The first-order chi connectivity index (χ1) is 9.93. The van der Waals surface area contributed by atoms with Crippen LogP contribution in [0.15, 0.2) is 6.20 Å². The number of aromatic nitrogens is 2. The Labute approximate surface area is 122 Å². The Morgan fingerprint density at radius 3 is 2.71 bits per heavy atom. The van der Waals surface area contributed by atoms with Gasteiger partial charge in [0.1, 0.15) is 6.20 Å². The number of nitrogens with one attached hydrogen (secondary N) is 3. The third kappa shape index (κ3) is 5.59. The largest absolute Gasteiger partial charge is 0.364 e. The fraction of sp³-hybridized carbons (Fsp3) is 0.583. The molecule has 0 aliphatic heterocycles. The van der Waals surface area contributed by atoms with Crippen LogP contribution in [0.1, 0.15) is 27.2 Å². The Bertz CT molecular complexity index is 506. The summed E-state index contributed by atoms with van der Waals surface area (Å²) < 4.78 is 0. The molecule has 0 saturated carbocycles. The van der Waals surface area contributed by atoms with Gasteiger partial charge in [0.25, 0.3) is 0 Å². The Balaban J connectivity index is 2.69. The van der Waals surface area contributed by atoms with E-state index < -0.39 is 4.92 Å². The molecule has 9 nitrogen and oxygen atoms in total. The average molecular weight is 296 g/mol. The molecular formula is C12H20N6O3. The average Bonchev–Trinajstić information content (AvgIpc) is 2.38. The second-order valence-electron chi connectivity index (χ2n) is 4.61. The maximum atomic E-state index is 11.5. The minimum Gasteiger partial charge on any atom is -0.364 e. The van der Waals surface area contributed by atoms with Crippen LogP contribution in [0, 0.1) is 10.1 Å². The summed E-state index contributed by atoms with van der Waals surface area (Å²) in [5.74, 6) is 0.279. The number of amides is 1. The summed E-state index contributed by atoms with van der Waals surface area (Å²) in [7, 11) is 0. The van der Waals surface area contributed by atoms with Crippen LogP contribution < -0.4 is 16.0 Å². The van der Waals surface area contributed by atoms with Crippen LogP contribution in [-0.2, 0) is 4.79 Å². The highest BCUT2D eigenvalue weighted by Gasteiger charge is 2.17. The molecule has 3 N–H and O–H groups in total. The molecule has 21 heavy (non-hydrogen) atoms. The van der Waals surface area contributed by atoms with Gasteiger partial charge in [-0.3, -0.25) is 14.9 Å². The standard InChI is InChI=1S/C12H20N6O3/c1-4-13-12-15-7-9(18(20)21)11(17-12)14-6-5-10(19)16-8(2)3/h7-8H,4-6H2,1-3H3,(H,16,19)(H2,13,14,15,17). The molecule has 0 aliphatic carbocycles. The van der Waals surface area contributed by atoms with Crippen LogP contribution in [0.2, 0.25) is 0 Å². The van der Waals surface area contributed by atoms with Crippen molar-refractivity contribution < 1.29 is 9.72 Å². The monoisotopic (exact) mass is 296 g/mol. The highest BCUT2D eigenvalue weighted by atomic mass is 16.6. The van der Waals surface area contributed by atoms with Gasteiger partial charge >= 0.3 is 5.69 Å². The van der Waals surface area contributed by atoms with Crippen LogP contribution in [0.5, 0.6) is 0 Å². The lowest BCUT2D eigenvalue weighted by atomic mass is 10.3. The lowest BCUT2D eigenvalue weighted by Crippen LogP contribution is -2.31. The first kappa shape index (κ1) is 16.6. The van der Waals surface area contributed by atoms with Crippen molar-refractivity contribution in [1.29, 1.82) is 0 Å². The zero-order valence-electron chi connectivity index (χ0n) is 12.3. The van der Waals surface area contributed by atoms with Crippen LogP contribution >= 0.6 is 0 Å². The van der Waals surface area contributed by atoms with E-state index in [9.17, 15) is 14.9 Å². The Morgan fingerprint density at radius 2 is 2.14 bits per heavy atom. The molecule has 9 heteroatoms. The molecular weight excluding hydrogens is 276 g/mol. The first-order valence-corrected chi connectivity index (χ1v) is 6.72. The van der Waals surface area contributed by atoms with Gasteiger partial charge in [-0.15, -0.1) is 0 Å². The molecule has 0 radical (unpaired) electrons. The van der Waals surface area contributed by atoms with Gasteiger partial charge in [0, 0.05) is 25.6 Å². The number of rotatable bonds is 8. The van der Waals surface area contributed by atoms with Crippen LogP contribution in [-0.4, -0.2) is 39.9 Å². The third-order valence-corrected chi connectivity index (χ3v) is 2.40. The predicted octanol–water partition coefficient (Wildman–Crippen LogP) is 1.14. The molecule has 1 aromatic heterocycles. The molecule has 0 spiro atoms. The van der Waals surface area contributed by atoms with E-state index in [0.717, 1.165) is 6.20 Å². The van der Waals surface area contributed by atoms with Gasteiger partial charge in [0.2, 0.25) is 17.7 Å². The Morgan fingerprint density at radius 1 is 1.43 bits per heavy atom. The Kier molecular flexibility index (Phi) is 6.31. The number of carbonyl (C=O) groups is 1. The van der Waals surface area contributed by atoms with Crippen LogP contribution in [0.25, 0.3) is 0 Å². The van der Waals surface area contributed by atoms with Crippen molar-refractivity contribution in [2.75, 3.05) is 23.7 Å². The second kappa shape index (κ2) is 7.98. The lowest BCUT2D eigenvalue weighted by molar-refractivity contribution is -0.384. The molecule has 0 atom stereocenters. The van der Waals surface area contributed by atoms with E-state index >= 15 is 0 Å². The number of hydrogen-bond donors (Lipinski definition) is 3. The number of carbonyl (C=O) groups excluding carboxylic acids is 1. The molecule has 0 bridgehead atoms. The normalized spacial score (nSPS) is 10.3. The molecule has 0 saturated heterocycles. The van der Waals surface area contributed by atoms with Crippen molar-refractivity contribution in [1.82, 2.24) is 15.3 Å². The zero-order chi connectivity index (χ0) is 15.8. The van der Waals surface area contributed by atoms with Gasteiger partial charge in [-0.05, 0) is 20.8 Å². The van der Waals surface area contributed by atoms with Gasteiger partial charge < -0.3 is 16.0 Å². The first-order valence-electron chi connectivity index (χ1n) is 6.72. The van der Waals surface area contributed by atoms with Crippen molar-refractivity contribution in [2.24, 2.45) is 0 Å². The van der Waals surface area contributed by atoms with E-state index in [4.69, 9.17) is 0 Å². The second-order valence-corrected chi connectivity index (χ2v) is 4.61. The molecule has 1 heterocycles. The predicted molar refractivity (Wildman–Crippen MR) is 79.2 cm³/mol. The van der Waals surface area contributed by atoms with Crippen molar-refractivity contribution in [3.8, 4) is 0 Å². The fourth-order valence-corrected chi connectivity index (χ4v) is 1.57. The maximum absolute atomic E-state index is 11.5. The summed E-state index contributed by atoms with van der Waals surface area (Å²) in [6, 6.07) is 0.0613. The van der Waals surface area contributed by atoms with Crippen molar-refractivity contribution in [3.05, 3.63) is 16.3 Å². The number of hydrogen-bond acceptors (Lipinski definition) is 7. The lowest BCUT2D eigenvalue weighted by Gasteiger charge is -2.10. The summed E-state index contributed by atoms with van der Waals surface area (Å²) in [4.78, 5) is 29.7. The summed E-state index contributed by atoms with van der Waals surface area (Å²) in [6.07, 6.45) is 1.34. The van der Waals surface area contributed by atoms with Crippen molar-refractivity contribution in [2.45, 2.75) is 33.2 Å². The van der Waals surface area contributed by atoms with Crippen molar-refractivity contribution in [3.63, 3.8) is 0 Å². The van der Waals surface area contributed by atoms with E-state index in [1.54, 1.807) is 0 Å². The van der Waals surface area contributed by atoms with Gasteiger partial charge in [0.15, 0.2) is 0 Å². The summed E-state index contributed by atoms with van der Waals surface area (Å²) in [5, 5.41) is 19.3. The molecule has 1 rings (SSSR count). The van der Waals surface area contributed by atoms with Gasteiger partial charge in [-0.2, -0.15) is 4.98 Å². The van der Waals surface area contributed by atoms with E-state index in [-0.39, 0.29) is 36.4 Å². The van der Waals surface area contributed by atoms with Crippen molar-refractivity contribution >= 4 is 23.4 Å². The SMILES string of the molecule is CCNc1ncc([N+](=O)[O-])c(NCCC(=O)NC(C)C)n1. The molecule has 0 aromatic carbocycles. The van der Waals surface area contributed by atoms with E-state index in [0.29, 0.717) is 12.5 Å². The summed E-state index contributed by atoms with van der Waals surface area (Å²) >= 11 is 0. The number of anilines is 2. The molecule has 1 aromatic rings. The fourth-order valence-electron chi connectivity index (χ4n) is 1.57. The Hall–Kier alpha value is -2.45. The number of nitrogens with zero attached hydrogens (tertiary/aromatic N) is 3. The summed E-state index contributed by atoms with van der Waals surface area (Å²) in [6.45, 7) is 6.46. The number of nitro groups is 1. The molecule has 0 unspecified atom stereocenters. The topological polar surface area (TPSA) is 122 Å². The molecule has 1 amide bonds. The smallest absolute Gasteiger partial charge is 0.329 e. The van der Waals surface area contributed by atoms with E-state index in [1.165, 1.54) is 0 Å². The van der Waals surface area contributed by atoms with E-state index in [1.807, 2.05) is 20.8 Å².